The van der Waals surface area contributed by atoms with Gasteiger partial charge in [0.15, 0.2) is 5.82 Å². The summed E-state index contributed by atoms with van der Waals surface area (Å²) in [6.45, 7) is 7.56. The number of nitrogens with zero attached hydrogens (tertiary/aromatic N) is 3. The van der Waals surface area contributed by atoms with Gasteiger partial charge in [0.1, 0.15) is 0 Å². The van der Waals surface area contributed by atoms with E-state index in [0.29, 0.717) is 12.0 Å². The van der Waals surface area contributed by atoms with Gasteiger partial charge in [-0.05, 0) is 19.3 Å². The number of benzene rings is 1. The van der Waals surface area contributed by atoms with Crippen LogP contribution in [0, 0.1) is 12.8 Å². The van der Waals surface area contributed by atoms with Gasteiger partial charge >= 0.3 is 0 Å². The summed E-state index contributed by atoms with van der Waals surface area (Å²) in [5.41, 5.74) is 2.34. The summed E-state index contributed by atoms with van der Waals surface area (Å²) in [4.78, 5) is 4.62. The Balaban J connectivity index is 1.99. The maximum Gasteiger partial charge on any atom is 0.221 e. The van der Waals surface area contributed by atoms with Crippen molar-refractivity contribution < 1.29 is 0 Å². The second-order valence-electron chi connectivity index (χ2n) is 5.60. The topological polar surface area (TPSA) is 42.7 Å². The molecule has 2 aromatic rings. The predicted octanol–water partition coefficient (Wildman–Crippen LogP) is 3.27. The third kappa shape index (κ3) is 2.23. The van der Waals surface area contributed by atoms with Crippen molar-refractivity contribution in [2.75, 3.05) is 11.9 Å². The van der Waals surface area contributed by atoms with Gasteiger partial charge in [0, 0.05) is 12.1 Å². The van der Waals surface area contributed by atoms with Crippen molar-refractivity contribution >= 4 is 5.95 Å². The van der Waals surface area contributed by atoms with Crippen LogP contribution in [0.2, 0.25) is 0 Å². The molecule has 0 saturated heterocycles. The van der Waals surface area contributed by atoms with E-state index in [4.69, 9.17) is 5.10 Å². The Morgan fingerprint density at radius 3 is 2.68 bits per heavy atom. The fourth-order valence-corrected chi connectivity index (χ4v) is 2.57. The normalized spacial score (nSPS) is 18.2. The first-order valence-corrected chi connectivity index (χ1v) is 6.92. The Hall–Kier alpha value is -1.84. The van der Waals surface area contributed by atoms with E-state index in [-0.39, 0.29) is 0 Å². The smallest absolute Gasteiger partial charge is 0.221 e. The van der Waals surface area contributed by atoms with Gasteiger partial charge in [-0.2, -0.15) is 4.98 Å². The number of hydrogen-bond donors (Lipinski definition) is 1. The molecule has 100 valence electrons. The SMILES string of the molecule is Cc1ccc(-c2nc3n(n2)C(C(C)C)CCN3)cc1. The first kappa shape index (κ1) is 12.2. The van der Waals surface area contributed by atoms with Crippen LogP contribution in [0.3, 0.4) is 0 Å². The van der Waals surface area contributed by atoms with E-state index in [1.54, 1.807) is 0 Å². The number of nitrogens with one attached hydrogen (secondary N) is 1. The van der Waals surface area contributed by atoms with Crippen LogP contribution in [-0.2, 0) is 0 Å². The average molecular weight is 256 g/mol. The number of aromatic nitrogens is 3. The fourth-order valence-electron chi connectivity index (χ4n) is 2.57. The second-order valence-corrected chi connectivity index (χ2v) is 5.60. The molecule has 4 nitrogen and oxygen atoms in total. The Morgan fingerprint density at radius 1 is 1.26 bits per heavy atom. The van der Waals surface area contributed by atoms with Gasteiger partial charge in [-0.3, -0.25) is 0 Å². The van der Waals surface area contributed by atoms with Gasteiger partial charge < -0.3 is 5.32 Å². The first-order valence-electron chi connectivity index (χ1n) is 6.92. The average Bonchev–Trinajstić information content (AvgIpc) is 2.82. The van der Waals surface area contributed by atoms with Crippen molar-refractivity contribution in [1.29, 1.82) is 0 Å². The number of anilines is 1. The van der Waals surface area contributed by atoms with E-state index < -0.39 is 0 Å². The molecule has 0 fully saturated rings. The van der Waals surface area contributed by atoms with Crippen molar-refractivity contribution in [1.82, 2.24) is 14.8 Å². The van der Waals surface area contributed by atoms with Crippen LogP contribution >= 0.6 is 0 Å². The van der Waals surface area contributed by atoms with Gasteiger partial charge in [-0.1, -0.05) is 43.7 Å². The highest BCUT2D eigenvalue weighted by molar-refractivity contribution is 5.57. The summed E-state index contributed by atoms with van der Waals surface area (Å²) in [5, 5.41) is 8.03. The Kier molecular flexibility index (Phi) is 3.01. The van der Waals surface area contributed by atoms with E-state index >= 15 is 0 Å². The van der Waals surface area contributed by atoms with E-state index in [2.05, 4.69) is 60.0 Å². The van der Waals surface area contributed by atoms with Crippen molar-refractivity contribution in [2.45, 2.75) is 33.2 Å². The van der Waals surface area contributed by atoms with Gasteiger partial charge in [0.2, 0.25) is 5.95 Å². The van der Waals surface area contributed by atoms with Crippen LogP contribution in [0.1, 0.15) is 31.9 Å². The molecule has 1 aliphatic rings. The molecule has 1 unspecified atom stereocenters. The molecular weight excluding hydrogens is 236 g/mol. The minimum Gasteiger partial charge on any atom is -0.354 e. The summed E-state index contributed by atoms with van der Waals surface area (Å²) in [5.74, 6) is 2.30. The lowest BCUT2D eigenvalue weighted by Gasteiger charge is -2.27. The lowest BCUT2D eigenvalue weighted by atomic mass is 10.0. The molecule has 4 heteroatoms. The number of aryl methyl sites for hydroxylation is 1. The molecular formula is C15H20N4. The summed E-state index contributed by atoms with van der Waals surface area (Å²) < 4.78 is 2.06. The summed E-state index contributed by atoms with van der Waals surface area (Å²) in [7, 11) is 0. The van der Waals surface area contributed by atoms with Crippen LogP contribution in [0.15, 0.2) is 24.3 Å². The Labute approximate surface area is 113 Å². The summed E-state index contributed by atoms with van der Waals surface area (Å²) >= 11 is 0. The highest BCUT2D eigenvalue weighted by atomic mass is 15.4. The van der Waals surface area contributed by atoms with Gasteiger partial charge in [0.25, 0.3) is 0 Å². The molecule has 0 bridgehead atoms. The molecule has 0 radical (unpaired) electrons. The molecule has 1 N–H and O–H groups in total. The predicted molar refractivity (Wildman–Crippen MR) is 77.2 cm³/mol. The molecule has 0 spiro atoms. The van der Waals surface area contributed by atoms with Crippen molar-refractivity contribution in [3.8, 4) is 11.4 Å². The lowest BCUT2D eigenvalue weighted by molar-refractivity contribution is 0.322. The monoisotopic (exact) mass is 256 g/mol. The largest absolute Gasteiger partial charge is 0.354 e. The molecule has 1 aromatic carbocycles. The minimum atomic E-state index is 0.447. The van der Waals surface area contributed by atoms with Crippen molar-refractivity contribution in [3.63, 3.8) is 0 Å². The van der Waals surface area contributed by atoms with E-state index in [1.807, 2.05) is 0 Å². The molecule has 0 saturated carbocycles. The number of fused-ring (bicyclic) bond motifs is 1. The fraction of sp³-hybridized carbons (Fsp3) is 0.467. The highest BCUT2D eigenvalue weighted by Gasteiger charge is 2.25. The molecule has 1 atom stereocenters. The van der Waals surface area contributed by atoms with Crippen molar-refractivity contribution in [2.24, 2.45) is 5.92 Å². The maximum absolute atomic E-state index is 4.70. The third-order valence-electron chi connectivity index (χ3n) is 3.75. The molecule has 19 heavy (non-hydrogen) atoms. The van der Waals surface area contributed by atoms with E-state index in [1.165, 1.54) is 5.56 Å². The second kappa shape index (κ2) is 4.68. The Morgan fingerprint density at radius 2 is 2.00 bits per heavy atom. The van der Waals surface area contributed by atoms with Crippen LogP contribution in [0.4, 0.5) is 5.95 Å². The number of rotatable bonds is 2. The lowest BCUT2D eigenvalue weighted by Crippen LogP contribution is -2.27. The first-order chi connectivity index (χ1) is 9.15. The quantitative estimate of drug-likeness (QED) is 0.896. The van der Waals surface area contributed by atoms with E-state index in [9.17, 15) is 0 Å². The molecule has 0 amide bonds. The van der Waals surface area contributed by atoms with Gasteiger partial charge in [-0.15, -0.1) is 5.10 Å². The molecule has 0 aliphatic carbocycles. The molecule has 2 heterocycles. The maximum atomic E-state index is 4.70. The highest BCUT2D eigenvalue weighted by Crippen LogP contribution is 2.30. The molecule has 1 aromatic heterocycles. The third-order valence-corrected chi connectivity index (χ3v) is 3.75. The standard InChI is InChI=1S/C15H20N4/c1-10(2)13-8-9-16-15-17-14(18-19(13)15)12-6-4-11(3)5-7-12/h4-7,10,13H,8-9H2,1-3H3,(H,16,17,18). The van der Waals surface area contributed by atoms with Gasteiger partial charge in [-0.25, -0.2) is 4.68 Å². The summed E-state index contributed by atoms with van der Waals surface area (Å²) in [6.07, 6.45) is 1.11. The van der Waals surface area contributed by atoms with Crippen LogP contribution in [0.5, 0.6) is 0 Å². The minimum absolute atomic E-state index is 0.447. The zero-order chi connectivity index (χ0) is 13.4. The van der Waals surface area contributed by atoms with Crippen LogP contribution < -0.4 is 5.32 Å². The Bertz CT molecular complexity index is 568. The van der Waals surface area contributed by atoms with Gasteiger partial charge in [0.05, 0.1) is 6.04 Å². The summed E-state index contributed by atoms with van der Waals surface area (Å²) in [6, 6.07) is 8.82. The zero-order valence-corrected chi connectivity index (χ0v) is 11.7. The van der Waals surface area contributed by atoms with Crippen LogP contribution in [-0.4, -0.2) is 21.3 Å². The van der Waals surface area contributed by atoms with Crippen molar-refractivity contribution in [3.05, 3.63) is 29.8 Å². The van der Waals surface area contributed by atoms with E-state index in [0.717, 1.165) is 30.3 Å². The zero-order valence-electron chi connectivity index (χ0n) is 11.7. The number of hydrogen-bond acceptors (Lipinski definition) is 3. The van der Waals surface area contributed by atoms with Crippen LogP contribution in [0.25, 0.3) is 11.4 Å². The molecule has 3 rings (SSSR count). The molecule has 1 aliphatic heterocycles.